The third-order valence-electron chi connectivity index (χ3n) is 4.53. The summed E-state index contributed by atoms with van der Waals surface area (Å²) in [4.78, 5) is 55.1. The van der Waals surface area contributed by atoms with Crippen LogP contribution in [-0.2, 0) is 11.2 Å². The van der Waals surface area contributed by atoms with E-state index in [4.69, 9.17) is 0 Å². The van der Waals surface area contributed by atoms with Crippen molar-refractivity contribution in [3.63, 3.8) is 0 Å². The van der Waals surface area contributed by atoms with Crippen LogP contribution in [-0.4, -0.2) is 39.5 Å². The van der Waals surface area contributed by atoms with Crippen molar-refractivity contribution < 1.29 is 14.7 Å². The predicted molar refractivity (Wildman–Crippen MR) is 115 cm³/mol. The van der Waals surface area contributed by atoms with Crippen molar-refractivity contribution >= 4 is 28.9 Å². The number of benzene rings is 1. The van der Waals surface area contributed by atoms with Crippen LogP contribution in [0.5, 0.6) is 0 Å². The average molecular weight is 423 g/mol. The minimum absolute atomic E-state index is 0.00120. The van der Waals surface area contributed by atoms with E-state index in [-0.39, 0.29) is 23.5 Å². The van der Waals surface area contributed by atoms with Crippen LogP contribution in [0.3, 0.4) is 0 Å². The first kappa shape index (κ1) is 21.6. The number of carbonyl (C=O) groups is 2. The fourth-order valence-electron chi connectivity index (χ4n) is 2.89. The van der Waals surface area contributed by atoms with Gasteiger partial charge in [-0.25, -0.2) is 9.78 Å². The van der Waals surface area contributed by atoms with Gasteiger partial charge in [-0.2, -0.15) is 0 Å². The second-order valence-corrected chi connectivity index (χ2v) is 6.82. The Morgan fingerprint density at radius 3 is 2.39 bits per heavy atom. The van der Waals surface area contributed by atoms with E-state index < -0.39 is 28.8 Å². The maximum Gasteiger partial charge on any atom is 0.326 e. The summed E-state index contributed by atoms with van der Waals surface area (Å²) in [6, 6.07) is 5.50. The van der Waals surface area contributed by atoms with E-state index in [0.29, 0.717) is 17.8 Å². The first-order valence-electron chi connectivity index (χ1n) is 9.63. The Bertz CT molecular complexity index is 1140. The Hall–Kier alpha value is -4.08. The van der Waals surface area contributed by atoms with Gasteiger partial charge in [0.1, 0.15) is 23.1 Å². The zero-order valence-electron chi connectivity index (χ0n) is 16.7. The smallest absolute Gasteiger partial charge is 0.326 e. The van der Waals surface area contributed by atoms with Crippen LogP contribution in [0.4, 0.5) is 17.1 Å². The molecule has 1 aromatic heterocycles. The first-order chi connectivity index (χ1) is 14.9. The Kier molecular flexibility index (Phi) is 6.71. The number of hydrogen-bond acceptors (Lipinski definition) is 8. The highest BCUT2D eigenvalue weighted by Crippen LogP contribution is 2.18. The van der Waals surface area contributed by atoms with Crippen LogP contribution in [0.25, 0.3) is 0 Å². The molecule has 1 amide bonds. The zero-order valence-corrected chi connectivity index (χ0v) is 16.7. The molecular formula is C21H21N5O5. The van der Waals surface area contributed by atoms with Crippen molar-refractivity contribution in [2.24, 2.45) is 0 Å². The fraction of sp³-hybridized carbons (Fsp3) is 0.238. The van der Waals surface area contributed by atoms with Crippen LogP contribution in [0.2, 0.25) is 0 Å². The Labute approximate surface area is 177 Å². The van der Waals surface area contributed by atoms with E-state index in [1.807, 2.05) is 6.92 Å². The Balaban J connectivity index is 1.66. The highest BCUT2D eigenvalue weighted by atomic mass is 16.4. The number of aromatic nitrogens is 2. The molecule has 0 unspecified atom stereocenters. The van der Waals surface area contributed by atoms with E-state index in [1.165, 1.54) is 18.6 Å². The summed E-state index contributed by atoms with van der Waals surface area (Å²) in [5.74, 6) is -1.58. The molecule has 0 saturated heterocycles. The van der Waals surface area contributed by atoms with Gasteiger partial charge in [-0.3, -0.25) is 19.4 Å². The lowest BCUT2D eigenvalue weighted by atomic mass is 10.0. The summed E-state index contributed by atoms with van der Waals surface area (Å²) in [6.45, 7) is 2.41. The number of aliphatic carboxylic acids is 1. The molecule has 3 aromatic rings. The second-order valence-electron chi connectivity index (χ2n) is 6.82. The minimum atomic E-state index is -1.16. The van der Waals surface area contributed by atoms with E-state index in [2.05, 4.69) is 25.9 Å². The summed E-state index contributed by atoms with van der Waals surface area (Å²) in [7, 11) is 0. The monoisotopic (exact) mass is 423 g/mol. The van der Waals surface area contributed by atoms with Gasteiger partial charge < -0.3 is 21.1 Å². The first-order valence-corrected chi connectivity index (χ1v) is 9.63. The topological polar surface area (TPSA) is 150 Å². The molecule has 0 saturated carbocycles. The summed E-state index contributed by atoms with van der Waals surface area (Å²) in [5, 5.41) is 17.7. The molecule has 10 heteroatoms. The Morgan fingerprint density at radius 1 is 1.06 bits per heavy atom. The number of carboxylic acids is 1. The van der Waals surface area contributed by atoms with Gasteiger partial charge in [-0.05, 0) is 24.1 Å². The highest BCUT2D eigenvalue weighted by Gasteiger charge is 2.26. The summed E-state index contributed by atoms with van der Waals surface area (Å²) < 4.78 is 0. The van der Waals surface area contributed by atoms with Gasteiger partial charge in [0.05, 0.1) is 6.20 Å². The molecule has 4 N–H and O–H groups in total. The predicted octanol–water partition coefficient (Wildman–Crippen LogP) is 1.25. The van der Waals surface area contributed by atoms with Crippen molar-refractivity contribution in [1.82, 2.24) is 9.97 Å². The molecule has 0 radical (unpaired) electrons. The largest absolute Gasteiger partial charge is 0.480 e. The zero-order chi connectivity index (χ0) is 22.4. The average Bonchev–Trinajstić information content (AvgIpc) is 2.79. The van der Waals surface area contributed by atoms with Gasteiger partial charge in [0, 0.05) is 31.0 Å². The second kappa shape index (κ2) is 9.61. The molecular weight excluding hydrogens is 402 g/mol. The van der Waals surface area contributed by atoms with Crippen molar-refractivity contribution in [3.8, 4) is 0 Å². The third-order valence-corrected chi connectivity index (χ3v) is 4.53. The number of carboxylic acid groups (broad SMARTS) is 1. The lowest BCUT2D eigenvalue weighted by molar-refractivity contribution is -0.137. The number of nitrogens with zero attached hydrogens (tertiary/aromatic N) is 2. The van der Waals surface area contributed by atoms with Crippen LogP contribution >= 0.6 is 0 Å². The molecule has 3 rings (SSSR count). The maximum absolute atomic E-state index is 12.1. The van der Waals surface area contributed by atoms with Gasteiger partial charge in [-0.1, -0.05) is 19.1 Å². The molecule has 0 aliphatic carbocycles. The molecule has 160 valence electrons. The van der Waals surface area contributed by atoms with Gasteiger partial charge >= 0.3 is 5.97 Å². The number of nitrogens with one attached hydrogen (secondary N) is 3. The van der Waals surface area contributed by atoms with Gasteiger partial charge in [0.2, 0.25) is 0 Å². The number of hydrogen-bond donors (Lipinski definition) is 4. The summed E-state index contributed by atoms with van der Waals surface area (Å²) in [5.41, 5.74) is 0.0863. The molecule has 1 heterocycles. The van der Waals surface area contributed by atoms with Gasteiger partial charge in [0.25, 0.3) is 16.8 Å². The quantitative estimate of drug-likeness (QED) is 0.353. The Morgan fingerprint density at radius 2 is 1.77 bits per heavy atom. The fourth-order valence-corrected chi connectivity index (χ4v) is 2.89. The normalized spacial score (nSPS) is 11.6. The maximum atomic E-state index is 12.1. The van der Waals surface area contributed by atoms with E-state index >= 15 is 0 Å². The van der Waals surface area contributed by atoms with Crippen molar-refractivity contribution in [3.05, 3.63) is 74.6 Å². The lowest BCUT2D eigenvalue weighted by Crippen LogP contribution is -2.42. The van der Waals surface area contributed by atoms with E-state index in [0.717, 1.165) is 6.42 Å². The SMILES string of the molecule is CCCNc1c(N[C@@H](Cc2ccc(NC(=O)c3cnccn3)cc2)C(=O)O)c(=O)c1=O. The summed E-state index contributed by atoms with van der Waals surface area (Å²) >= 11 is 0. The van der Waals surface area contributed by atoms with Gasteiger partial charge in [-0.15, -0.1) is 0 Å². The molecule has 0 bridgehead atoms. The third kappa shape index (κ3) is 5.10. The lowest BCUT2D eigenvalue weighted by Gasteiger charge is -2.20. The molecule has 0 aliphatic rings. The number of amides is 1. The molecule has 0 fully saturated rings. The number of rotatable bonds is 10. The molecule has 10 nitrogen and oxygen atoms in total. The van der Waals surface area contributed by atoms with Crippen LogP contribution in [0.1, 0.15) is 29.4 Å². The molecule has 0 spiro atoms. The van der Waals surface area contributed by atoms with Crippen LogP contribution in [0.15, 0.2) is 52.4 Å². The molecule has 31 heavy (non-hydrogen) atoms. The molecule has 2 aromatic carbocycles. The van der Waals surface area contributed by atoms with Crippen LogP contribution in [0, 0.1) is 0 Å². The standard InChI is InChI=1S/C21H21N5O5/c1-2-7-24-16-17(19(28)18(16)27)26-14(21(30)31)10-12-3-5-13(6-4-12)25-20(29)15-11-22-8-9-23-15/h3-6,8-9,11,14,24,26H,2,7,10H2,1H3,(H,25,29)(H,30,31)/t14-/m0/s1. The van der Waals surface area contributed by atoms with Crippen molar-refractivity contribution in [1.29, 1.82) is 0 Å². The van der Waals surface area contributed by atoms with Gasteiger partial charge in [0.15, 0.2) is 0 Å². The molecule has 0 aliphatic heterocycles. The van der Waals surface area contributed by atoms with Crippen molar-refractivity contribution in [2.75, 3.05) is 22.5 Å². The van der Waals surface area contributed by atoms with Crippen molar-refractivity contribution in [2.45, 2.75) is 25.8 Å². The number of anilines is 3. The minimum Gasteiger partial charge on any atom is -0.480 e. The highest BCUT2D eigenvalue weighted by molar-refractivity contribution is 6.02. The molecule has 1 atom stereocenters. The van der Waals surface area contributed by atoms with E-state index in [1.54, 1.807) is 24.3 Å². The van der Waals surface area contributed by atoms with Crippen LogP contribution < -0.4 is 26.8 Å². The van der Waals surface area contributed by atoms with E-state index in [9.17, 15) is 24.3 Å². The number of carbonyl (C=O) groups excluding carboxylic acids is 1. The summed E-state index contributed by atoms with van der Waals surface area (Å²) in [6.07, 6.45) is 5.04.